The van der Waals surface area contributed by atoms with Crippen LogP contribution in [0.2, 0.25) is 0 Å². The molecule has 0 bridgehead atoms. The van der Waals surface area contributed by atoms with Crippen molar-refractivity contribution in [1.82, 2.24) is 10.6 Å². The Morgan fingerprint density at radius 1 is 1.47 bits per heavy atom. The minimum absolute atomic E-state index is 0.0881. The lowest BCUT2D eigenvalue weighted by Crippen LogP contribution is -2.33. The van der Waals surface area contributed by atoms with E-state index in [9.17, 15) is 4.79 Å². The van der Waals surface area contributed by atoms with Crippen LogP contribution in [0.4, 0.5) is 0 Å². The molecule has 0 spiro atoms. The smallest absolute Gasteiger partial charge is 0.222 e. The van der Waals surface area contributed by atoms with Gasteiger partial charge in [0.2, 0.25) is 5.91 Å². The third-order valence-electron chi connectivity index (χ3n) is 3.27. The van der Waals surface area contributed by atoms with Gasteiger partial charge in [-0.2, -0.15) is 0 Å². The van der Waals surface area contributed by atoms with Crippen LogP contribution in [0.1, 0.15) is 37.8 Å². The van der Waals surface area contributed by atoms with Crippen molar-refractivity contribution < 1.29 is 4.79 Å². The second-order valence-corrected chi connectivity index (χ2v) is 4.70. The van der Waals surface area contributed by atoms with E-state index in [0.717, 1.165) is 18.5 Å². The number of carbonyl (C=O) groups excluding carboxylic acids is 1. The fraction of sp³-hybridized carbons (Fsp3) is 0.500. The van der Waals surface area contributed by atoms with Crippen LogP contribution < -0.4 is 10.6 Å². The summed E-state index contributed by atoms with van der Waals surface area (Å²) in [7, 11) is 0. The number of nitrogens with one attached hydrogen (secondary N) is 2. The molecule has 0 aliphatic carbocycles. The summed E-state index contributed by atoms with van der Waals surface area (Å²) in [4.78, 5) is 11.8. The maximum Gasteiger partial charge on any atom is 0.222 e. The Labute approximate surface area is 103 Å². The summed E-state index contributed by atoms with van der Waals surface area (Å²) in [6.45, 7) is 3.07. The quantitative estimate of drug-likeness (QED) is 0.833. The normalized spacial score (nSPS) is 21.1. The van der Waals surface area contributed by atoms with E-state index < -0.39 is 0 Å². The Kier molecular flexibility index (Phi) is 4.15. The van der Waals surface area contributed by atoms with Crippen LogP contribution >= 0.6 is 0 Å². The monoisotopic (exact) mass is 232 g/mol. The molecule has 0 aromatic heterocycles. The molecule has 17 heavy (non-hydrogen) atoms. The van der Waals surface area contributed by atoms with Gasteiger partial charge in [0.05, 0.1) is 6.04 Å². The molecule has 1 aliphatic rings. The maximum atomic E-state index is 11.8. The zero-order valence-electron chi connectivity index (χ0n) is 10.3. The van der Waals surface area contributed by atoms with Gasteiger partial charge in [0.1, 0.15) is 0 Å². The first-order chi connectivity index (χ1) is 8.25. The van der Waals surface area contributed by atoms with Crippen LogP contribution in [-0.2, 0) is 4.79 Å². The topological polar surface area (TPSA) is 41.1 Å². The summed E-state index contributed by atoms with van der Waals surface area (Å²) in [5.41, 5.74) is 1.15. The molecule has 0 saturated carbocycles. The molecule has 1 aromatic rings. The average molecular weight is 232 g/mol. The molecule has 1 fully saturated rings. The molecular formula is C14H20N2O. The molecule has 3 heteroatoms. The van der Waals surface area contributed by atoms with Gasteiger partial charge in [0.15, 0.2) is 0 Å². The van der Waals surface area contributed by atoms with Crippen molar-refractivity contribution >= 4 is 5.91 Å². The predicted octanol–water partition coefficient (Wildman–Crippen LogP) is 2.01. The molecular weight excluding hydrogens is 212 g/mol. The van der Waals surface area contributed by atoms with Crippen LogP contribution in [0.25, 0.3) is 0 Å². The highest BCUT2D eigenvalue weighted by atomic mass is 16.1. The van der Waals surface area contributed by atoms with Crippen LogP contribution in [0.15, 0.2) is 30.3 Å². The summed E-state index contributed by atoms with van der Waals surface area (Å²) >= 11 is 0. The first-order valence-electron chi connectivity index (χ1n) is 6.33. The van der Waals surface area contributed by atoms with E-state index in [1.165, 1.54) is 6.42 Å². The zero-order chi connectivity index (χ0) is 12.1. The van der Waals surface area contributed by atoms with Gasteiger partial charge < -0.3 is 10.6 Å². The zero-order valence-corrected chi connectivity index (χ0v) is 10.3. The van der Waals surface area contributed by atoms with Crippen molar-refractivity contribution in [2.24, 2.45) is 0 Å². The van der Waals surface area contributed by atoms with Gasteiger partial charge in [-0.3, -0.25) is 4.79 Å². The van der Waals surface area contributed by atoms with Gasteiger partial charge in [-0.1, -0.05) is 30.3 Å². The van der Waals surface area contributed by atoms with E-state index in [1.54, 1.807) is 0 Å². The van der Waals surface area contributed by atoms with Crippen LogP contribution in [0, 0.1) is 0 Å². The van der Waals surface area contributed by atoms with Gasteiger partial charge in [0, 0.05) is 12.5 Å². The first kappa shape index (κ1) is 12.1. The number of benzene rings is 1. The molecule has 2 N–H and O–H groups in total. The van der Waals surface area contributed by atoms with Crippen LogP contribution in [0.5, 0.6) is 0 Å². The Morgan fingerprint density at radius 2 is 2.24 bits per heavy atom. The van der Waals surface area contributed by atoms with Crippen LogP contribution in [-0.4, -0.2) is 18.5 Å². The Balaban J connectivity index is 1.81. The minimum Gasteiger partial charge on any atom is -0.350 e. The lowest BCUT2D eigenvalue weighted by Gasteiger charge is -2.16. The Hall–Kier alpha value is -1.35. The minimum atomic E-state index is 0.0881. The third kappa shape index (κ3) is 3.56. The molecule has 2 rings (SSSR count). The van der Waals surface area contributed by atoms with Gasteiger partial charge in [0.25, 0.3) is 0 Å². The van der Waals surface area contributed by atoms with E-state index in [2.05, 4.69) is 10.6 Å². The van der Waals surface area contributed by atoms with Crippen molar-refractivity contribution in [2.45, 2.75) is 38.3 Å². The fourth-order valence-electron chi connectivity index (χ4n) is 2.28. The molecule has 1 saturated heterocycles. The second kappa shape index (κ2) is 5.82. The van der Waals surface area contributed by atoms with Crippen molar-refractivity contribution in [2.75, 3.05) is 6.54 Å². The van der Waals surface area contributed by atoms with Crippen LogP contribution in [0.3, 0.4) is 0 Å². The fourth-order valence-corrected chi connectivity index (χ4v) is 2.28. The summed E-state index contributed by atoms with van der Waals surface area (Å²) in [5.74, 6) is 0.140. The van der Waals surface area contributed by atoms with E-state index in [-0.39, 0.29) is 11.9 Å². The lowest BCUT2D eigenvalue weighted by molar-refractivity contribution is -0.122. The Bertz CT molecular complexity index is 358. The molecule has 92 valence electrons. The van der Waals surface area contributed by atoms with Gasteiger partial charge >= 0.3 is 0 Å². The largest absolute Gasteiger partial charge is 0.350 e. The highest BCUT2D eigenvalue weighted by molar-refractivity contribution is 5.77. The number of hydrogen-bond acceptors (Lipinski definition) is 2. The SMILES string of the molecule is C[C@H](NC(=O)CC1CCCN1)c1ccccc1. The van der Waals surface area contributed by atoms with E-state index in [4.69, 9.17) is 0 Å². The summed E-state index contributed by atoms with van der Waals surface area (Å²) in [6.07, 6.45) is 2.90. The second-order valence-electron chi connectivity index (χ2n) is 4.70. The van der Waals surface area contributed by atoms with Crippen molar-refractivity contribution in [3.05, 3.63) is 35.9 Å². The molecule has 1 aromatic carbocycles. The number of hydrogen-bond donors (Lipinski definition) is 2. The standard InChI is InChI=1S/C14H20N2O/c1-11(12-6-3-2-4-7-12)16-14(17)10-13-8-5-9-15-13/h2-4,6-7,11,13,15H,5,8-10H2,1H3,(H,16,17)/t11-,13?/m0/s1. The molecule has 3 nitrogen and oxygen atoms in total. The first-order valence-corrected chi connectivity index (χ1v) is 6.33. The summed E-state index contributed by atoms with van der Waals surface area (Å²) < 4.78 is 0. The van der Waals surface area contributed by atoms with Crippen molar-refractivity contribution in [3.8, 4) is 0 Å². The molecule has 1 heterocycles. The molecule has 1 unspecified atom stereocenters. The summed E-state index contributed by atoms with van der Waals surface area (Å²) in [6, 6.07) is 10.5. The Morgan fingerprint density at radius 3 is 2.88 bits per heavy atom. The lowest BCUT2D eigenvalue weighted by atomic mass is 10.1. The highest BCUT2D eigenvalue weighted by Crippen LogP contribution is 2.13. The molecule has 1 amide bonds. The number of rotatable bonds is 4. The maximum absolute atomic E-state index is 11.8. The van der Waals surface area contributed by atoms with E-state index in [0.29, 0.717) is 12.5 Å². The summed E-state index contributed by atoms with van der Waals surface area (Å²) in [5, 5.41) is 6.38. The predicted molar refractivity (Wildman–Crippen MR) is 68.6 cm³/mol. The average Bonchev–Trinajstić information content (AvgIpc) is 2.82. The van der Waals surface area contributed by atoms with Crippen molar-refractivity contribution in [1.29, 1.82) is 0 Å². The number of amides is 1. The van der Waals surface area contributed by atoms with Crippen molar-refractivity contribution in [3.63, 3.8) is 0 Å². The van der Waals surface area contributed by atoms with Gasteiger partial charge in [-0.15, -0.1) is 0 Å². The van der Waals surface area contributed by atoms with Gasteiger partial charge in [-0.05, 0) is 31.9 Å². The highest BCUT2D eigenvalue weighted by Gasteiger charge is 2.18. The van der Waals surface area contributed by atoms with E-state index >= 15 is 0 Å². The molecule has 0 radical (unpaired) electrons. The molecule has 2 atom stereocenters. The molecule has 1 aliphatic heterocycles. The van der Waals surface area contributed by atoms with E-state index in [1.807, 2.05) is 37.3 Å². The number of carbonyl (C=O) groups is 1. The van der Waals surface area contributed by atoms with Gasteiger partial charge in [-0.25, -0.2) is 0 Å². The third-order valence-corrected chi connectivity index (χ3v) is 3.27.